The lowest BCUT2D eigenvalue weighted by Crippen LogP contribution is -2.38. The van der Waals surface area contributed by atoms with Crippen molar-refractivity contribution in [3.8, 4) is 0 Å². The van der Waals surface area contributed by atoms with E-state index in [9.17, 15) is 9.59 Å². The Balaban J connectivity index is 2.75. The Hall–Kier alpha value is -1.84. The van der Waals surface area contributed by atoms with Crippen molar-refractivity contribution in [2.45, 2.75) is 34.6 Å². The van der Waals surface area contributed by atoms with Gasteiger partial charge in [0.15, 0.2) is 0 Å². The third kappa shape index (κ3) is 3.83. The minimum Gasteiger partial charge on any atom is -0.461 e. The molecular weight excluding hydrogens is 254 g/mol. The lowest BCUT2D eigenvalue weighted by atomic mass is 9.75. The molecule has 0 fully saturated rings. The van der Waals surface area contributed by atoms with E-state index in [4.69, 9.17) is 10.5 Å². The van der Waals surface area contributed by atoms with Gasteiger partial charge in [-0.15, -0.1) is 0 Å². The molecule has 4 heteroatoms. The molecule has 0 amide bonds. The largest absolute Gasteiger partial charge is 0.461 e. The standard InChI is InChI=1S/C16H23NO3/c1-15(2,3)14(19)16(4,5)10-20-13(18)11-8-6-7-9-12(11)17/h6-9H,10,17H2,1-5H3. The van der Waals surface area contributed by atoms with E-state index in [1.165, 1.54) is 0 Å². The van der Waals surface area contributed by atoms with Gasteiger partial charge in [0.2, 0.25) is 0 Å². The van der Waals surface area contributed by atoms with Gasteiger partial charge in [0.05, 0.1) is 11.0 Å². The molecule has 0 unspecified atom stereocenters. The van der Waals surface area contributed by atoms with E-state index in [-0.39, 0.29) is 12.4 Å². The van der Waals surface area contributed by atoms with Gasteiger partial charge in [-0.3, -0.25) is 4.79 Å². The summed E-state index contributed by atoms with van der Waals surface area (Å²) < 4.78 is 5.25. The second kappa shape index (κ2) is 5.65. The first-order valence-electron chi connectivity index (χ1n) is 6.62. The number of ether oxygens (including phenoxy) is 1. The van der Waals surface area contributed by atoms with Gasteiger partial charge in [-0.25, -0.2) is 4.79 Å². The molecule has 0 bridgehead atoms. The summed E-state index contributed by atoms with van der Waals surface area (Å²) in [6.45, 7) is 9.16. The van der Waals surface area contributed by atoms with Gasteiger partial charge >= 0.3 is 5.97 Å². The van der Waals surface area contributed by atoms with Crippen LogP contribution in [0.1, 0.15) is 45.0 Å². The van der Waals surface area contributed by atoms with E-state index in [0.29, 0.717) is 11.3 Å². The number of hydrogen-bond donors (Lipinski definition) is 1. The number of benzene rings is 1. The first kappa shape index (κ1) is 16.2. The van der Waals surface area contributed by atoms with E-state index in [0.717, 1.165) is 0 Å². The fourth-order valence-corrected chi connectivity index (χ4v) is 2.09. The maximum atomic E-state index is 12.3. The lowest BCUT2D eigenvalue weighted by Gasteiger charge is -2.30. The molecule has 2 N–H and O–H groups in total. The van der Waals surface area contributed by atoms with Gasteiger partial charge in [-0.2, -0.15) is 0 Å². The SMILES string of the molecule is CC(C)(C)C(=O)C(C)(C)COC(=O)c1ccccc1N. The molecule has 0 spiro atoms. The maximum absolute atomic E-state index is 12.3. The van der Waals surface area contributed by atoms with Crippen molar-refractivity contribution in [3.63, 3.8) is 0 Å². The second-order valence-electron chi connectivity index (χ2n) is 6.63. The van der Waals surface area contributed by atoms with Crippen LogP contribution in [0.25, 0.3) is 0 Å². The van der Waals surface area contributed by atoms with E-state index in [1.54, 1.807) is 38.1 Å². The zero-order valence-electron chi connectivity index (χ0n) is 12.8. The topological polar surface area (TPSA) is 69.4 Å². The fraction of sp³-hybridized carbons (Fsp3) is 0.500. The van der Waals surface area contributed by atoms with Crippen LogP contribution in [-0.2, 0) is 9.53 Å². The molecule has 0 aromatic heterocycles. The number of anilines is 1. The van der Waals surface area contributed by atoms with Crippen LogP contribution in [0.2, 0.25) is 0 Å². The predicted molar refractivity (Wildman–Crippen MR) is 79.4 cm³/mol. The molecule has 0 radical (unpaired) electrons. The van der Waals surface area contributed by atoms with E-state index >= 15 is 0 Å². The van der Waals surface area contributed by atoms with Crippen LogP contribution in [0.15, 0.2) is 24.3 Å². The van der Waals surface area contributed by atoms with Gasteiger partial charge in [-0.05, 0) is 26.0 Å². The summed E-state index contributed by atoms with van der Waals surface area (Å²) in [4.78, 5) is 24.3. The Kier molecular flexibility index (Phi) is 4.58. The maximum Gasteiger partial charge on any atom is 0.340 e. The zero-order valence-corrected chi connectivity index (χ0v) is 12.8. The number of carbonyl (C=O) groups excluding carboxylic acids is 2. The first-order chi connectivity index (χ1) is 9.05. The average Bonchev–Trinajstić information content (AvgIpc) is 2.34. The van der Waals surface area contributed by atoms with Crippen molar-refractivity contribution in [1.82, 2.24) is 0 Å². The minimum absolute atomic E-state index is 0.0380. The van der Waals surface area contributed by atoms with Crippen LogP contribution in [0.5, 0.6) is 0 Å². The van der Waals surface area contributed by atoms with Crippen LogP contribution in [0.4, 0.5) is 5.69 Å². The van der Waals surface area contributed by atoms with Gasteiger partial charge < -0.3 is 10.5 Å². The molecule has 1 aromatic carbocycles. The van der Waals surface area contributed by atoms with Crippen LogP contribution in [0, 0.1) is 10.8 Å². The second-order valence-corrected chi connectivity index (χ2v) is 6.63. The number of hydrogen-bond acceptors (Lipinski definition) is 4. The molecule has 0 saturated carbocycles. The van der Waals surface area contributed by atoms with Gasteiger partial charge in [0.1, 0.15) is 12.4 Å². The normalized spacial score (nSPS) is 12.1. The molecule has 0 saturated heterocycles. The highest BCUT2D eigenvalue weighted by atomic mass is 16.5. The van der Waals surface area contributed by atoms with Crippen molar-refractivity contribution < 1.29 is 14.3 Å². The summed E-state index contributed by atoms with van der Waals surface area (Å²) in [5.41, 5.74) is 5.22. The number of rotatable bonds is 4. The highest BCUT2D eigenvalue weighted by molar-refractivity contribution is 5.95. The molecular formula is C16H23NO3. The molecule has 4 nitrogen and oxygen atoms in total. The van der Waals surface area contributed by atoms with Crippen LogP contribution in [0.3, 0.4) is 0 Å². The smallest absolute Gasteiger partial charge is 0.340 e. The van der Waals surface area contributed by atoms with Crippen molar-refractivity contribution in [1.29, 1.82) is 0 Å². The van der Waals surface area contributed by atoms with Gasteiger partial charge in [0, 0.05) is 11.1 Å². The van der Waals surface area contributed by atoms with E-state index in [1.807, 2.05) is 20.8 Å². The molecule has 0 atom stereocenters. The van der Waals surface area contributed by atoms with Crippen LogP contribution < -0.4 is 5.73 Å². The number of esters is 1. The molecule has 1 aromatic rings. The minimum atomic E-state index is -0.725. The molecule has 0 aliphatic heterocycles. The van der Waals surface area contributed by atoms with E-state index < -0.39 is 16.8 Å². The average molecular weight is 277 g/mol. The Morgan fingerprint density at radius 1 is 1.10 bits per heavy atom. The summed E-state index contributed by atoms with van der Waals surface area (Å²) in [6.07, 6.45) is 0. The lowest BCUT2D eigenvalue weighted by molar-refractivity contribution is -0.137. The van der Waals surface area contributed by atoms with Gasteiger partial charge in [-0.1, -0.05) is 32.9 Å². The van der Waals surface area contributed by atoms with Crippen molar-refractivity contribution >= 4 is 17.4 Å². The zero-order chi connectivity index (χ0) is 15.6. The number of nitrogen functional groups attached to an aromatic ring is 1. The molecule has 0 aliphatic rings. The third-order valence-electron chi connectivity index (χ3n) is 3.04. The van der Waals surface area contributed by atoms with Crippen molar-refractivity contribution in [3.05, 3.63) is 29.8 Å². The Bertz CT molecular complexity index is 513. The highest BCUT2D eigenvalue weighted by Gasteiger charge is 2.37. The summed E-state index contributed by atoms with van der Waals surface area (Å²) in [7, 11) is 0. The predicted octanol–water partition coefficient (Wildman–Crippen LogP) is 3.07. The summed E-state index contributed by atoms with van der Waals surface area (Å²) in [6, 6.07) is 6.72. The Morgan fingerprint density at radius 3 is 2.15 bits per heavy atom. The summed E-state index contributed by atoms with van der Waals surface area (Å²) in [5.74, 6) is -0.447. The van der Waals surface area contributed by atoms with Crippen LogP contribution in [-0.4, -0.2) is 18.4 Å². The molecule has 110 valence electrons. The van der Waals surface area contributed by atoms with Crippen molar-refractivity contribution in [2.75, 3.05) is 12.3 Å². The molecule has 1 rings (SSSR count). The number of Topliss-reactive ketones (excluding diaryl/α,β-unsaturated/α-hetero) is 1. The number of carbonyl (C=O) groups is 2. The quantitative estimate of drug-likeness (QED) is 0.678. The number of nitrogens with two attached hydrogens (primary N) is 1. The molecule has 20 heavy (non-hydrogen) atoms. The summed E-state index contributed by atoms with van der Waals surface area (Å²) >= 11 is 0. The monoisotopic (exact) mass is 277 g/mol. The van der Waals surface area contributed by atoms with Crippen molar-refractivity contribution in [2.24, 2.45) is 10.8 Å². The summed E-state index contributed by atoms with van der Waals surface area (Å²) in [5, 5.41) is 0. The fourth-order valence-electron chi connectivity index (χ4n) is 2.09. The first-order valence-corrected chi connectivity index (χ1v) is 6.62. The molecule has 0 heterocycles. The third-order valence-corrected chi connectivity index (χ3v) is 3.04. The highest BCUT2D eigenvalue weighted by Crippen LogP contribution is 2.29. The Morgan fingerprint density at radius 2 is 1.65 bits per heavy atom. The van der Waals surface area contributed by atoms with E-state index in [2.05, 4.69) is 0 Å². The Labute approximate surface area is 120 Å². The number of ketones is 1. The number of para-hydroxylation sites is 1. The van der Waals surface area contributed by atoms with Crippen LogP contribution >= 0.6 is 0 Å². The van der Waals surface area contributed by atoms with Gasteiger partial charge in [0.25, 0.3) is 0 Å². The molecule has 0 aliphatic carbocycles.